The number of rotatable bonds is 3. The molecule has 23 heavy (non-hydrogen) atoms. The highest BCUT2D eigenvalue weighted by molar-refractivity contribution is 7.89. The summed E-state index contributed by atoms with van der Waals surface area (Å²) in [6.45, 7) is 4.15. The third-order valence-electron chi connectivity index (χ3n) is 4.26. The first-order chi connectivity index (χ1) is 10.9. The molecule has 8 heteroatoms. The lowest BCUT2D eigenvalue weighted by Gasteiger charge is -2.33. The van der Waals surface area contributed by atoms with E-state index in [9.17, 15) is 8.42 Å². The number of hydrogen-bond acceptors (Lipinski definition) is 5. The Labute approximate surface area is 141 Å². The van der Waals surface area contributed by atoms with E-state index >= 15 is 0 Å². The lowest BCUT2D eigenvalue weighted by atomic mass is 10.2. The van der Waals surface area contributed by atoms with E-state index < -0.39 is 10.0 Å². The van der Waals surface area contributed by atoms with Gasteiger partial charge in [0.1, 0.15) is 4.90 Å². The van der Waals surface area contributed by atoms with Crippen LogP contribution in [-0.2, 0) is 14.8 Å². The molecular weight excluding hydrogens is 338 g/mol. The molecule has 0 aliphatic carbocycles. The molecule has 0 radical (unpaired) electrons. The average Bonchev–Trinajstić information content (AvgIpc) is 2.87. The Morgan fingerprint density at radius 3 is 2.91 bits per heavy atom. The van der Waals surface area contributed by atoms with Crippen molar-refractivity contribution in [2.45, 2.75) is 36.4 Å². The maximum atomic E-state index is 12.6. The monoisotopic (exact) mass is 355 g/mol. The third kappa shape index (κ3) is 3.52. The largest absolute Gasteiger partial charge is 0.376 e. The Kier molecular flexibility index (Phi) is 4.63. The second kappa shape index (κ2) is 6.38. The van der Waals surface area contributed by atoms with Crippen LogP contribution in [0.15, 0.2) is 23.1 Å². The van der Waals surface area contributed by atoms with Crippen LogP contribution in [0.1, 0.15) is 18.9 Å². The van der Waals surface area contributed by atoms with Crippen LogP contribution in [0.5, 0.6) is 0 Å². The molecule has 2 aliphatic rings. The zero-order chi connectivity index (χ0) is 16.6. The zero-order valence-electron chi connectivity index (χ0n) is 12.7. The van der Waals surface area contributed by atoms with Crippen LogP contribution in [0.3, 0.4) is 0 Å². The van der Waals surface area contributed by atoms with Gasteiger partial charge in [-0.1, -0.05) is 11.6 Å². The summed E-state index contributed by atoms with van der Waals surface area (Å²) in [6.07, 6.45) is 0.898. The molecule has 1 aromatic carbocycles. The minimum Gasteiger partial charge on any atom is -0.376 e. The summed E-state index contributed by atoms with van der Waals surface area (Å²) < 4.78 is 33.5. The van der Waals surface area contributed by atoms with Gasteiger partial charge in [0.15, 0.2) is 0 Å². The summed E-state index contributed by atoms with van der Waals surface area (Å²) in [7, 11) is -3.71. The number of morpholine rings is 1. The highest BCUT2D eigenvalue weighted by Crippen LogP contribution is 2.26. The summed E-state index contributed by atoms with van der Waals surface area (Å²) in [4.78, 5) is 2.27. The molecule has 0 amide bonds. The summed E-state index contributed by atoms with van der Waals surface area (Å²) in [5, 5.41) is 8.89. The number of nitrogens with zero attached hydrogens (tertiary/aromatic N) is 2. The number of hydrogen-bond donors (Lipinski definition) is 1. The zero-order valence-corrected chi connectivity index (χ0v) is 14.3. The van der Waals surface area contributed by atoms with Gasteiger partial charge in [0.25, 0.3) is 0 Å². The number of nitrogens with one attached hydrogen (secondary N) is 1. The Hall–Kier alpha value is -1.17. The lowest BCUT2D eigenvalue weighted by molar-refractivity contribution is -0.0390. The minimum atomic E-state index is -3.71. The van der Waals surface area contributed by atoms with Gasteiger partial charge >= 0.3 is 0 Å². The highest BCUT2D eigenvalue weighted by Gasteiger charge is 2.38. The molecule has 0 bridgehead atoms. The lowest BCUT2D eigenvalue weighted by Crippen LogP contribution is -2.45. The van der Waals surface area contributed by atoms with Crippen LogP contribution >= 0.6 is 11.6 Å². The van der Waals surface area contributed by atoms with E-state index in [1.165, 1.54) is 18.2 Å². The van der Waals surface area contributed by atoms with Crippen LogP contribution < -0.4 is 4.72 Å². The smallest absolute Gasteiger partial charge is 0.242 e. The normalized spacial score (nSPS) is 28.3. The summed E-state index contributed by atoms with van der Waals surface area (Å²) in [6, 6.07) is 6.22. The highest BCUT2D eigenvalue weighted by atomic mass is 35.5. The molecule has 0 aromatic heterocycles. The SMILES string of the molecule is C[C@@H]1CN2C[C@H](NS(=O)(=O)c3ccc(C#N)cc3Cl)C[C@H]2CO1. The van der Waals surface area contributed by atoms with Gasteiger partial charge in [-0.05, 0) is 31.5 Å². The van der Waals surface area contributed by atoms with E-state index in [-0.39, 0.29) is 28.1 Å². The molecule has 1 N–H and O–H groups in total. The fraction of sp³-hybridized carbons (Fsp3) is 0.533. The molecule has 3 rings (SSSR count). The first-order valence-corrected chi connectivity index (χ1v) is 9.33. The van der Waals surface area contributed by atoms with Gasteiger partial charge in [-0.25, -0.2) is 13.1 Å². The fourth-order valence-electron chi connectivity index (χ4n) is 3.20. The van der Waals surface area contributed by atoms with E-state index in [0.717, 1.165) is 13.0 Å². The standard InChI is InChI=1S/C15H18ClN3O3S/c1-10-7-19-8-12(5-13(19)9-22-10)18-23(20,21)15-3-2-11(6-17)4-14(15)16/h2-4,10,12-13,18H,5,7-9H2,1H3/t10-,12-,13+/m1/s1. The van der Waals surface area contributed by atoms with Crippen LogP contribution in [0.4, 0.5) is 0 Å². The summed E-state index contributed by atoms with van der Waals surface area (Å²) >= 11 is 6.02. The molecule has 2 saturated heterocycles. The first-order valence-electron chi connectivity index (χ1n) is 7.46. The van der Waals surface area contributed by atoms with Gasteiger partial charge in [0, 0.05) is 25.2 Å². The number of benzene rings is 1. The van der Waals surface area contributed by atoms with Crippen LogP contribution in [0.25, 0.3) is 0 Å². The second-order valence-corrected chi connectivity index (χ2v) is 8.15. The molecule has 2 fully saturated rings. The van der Waals surface area contributed by atoms with Gasteiger partial charge in [-0.3, -0.25) is 4.90 Å². The number of sulfonamides is 1. The molecule has 2 heterocycles. The van der Waals surface area contributed by atoms with Crippen molar-refractivity contribution in [2.75, 3.05) is 19.7 Å². The van der Waals surface area contributed by atoms with Crippen molar-refractivity contribution in [3.63, 3.8) is 0 Å². The van der Waals surface area contributed by atoms with Gasteiger partial charge in [0.2, 0.25) is 10.0 Å². The van der Waals surface area contributed by atoms with E-state index in [0.29, 0.717) is 18.7 Å². The Balaban J connectivity index is 1.74. The summed E-state index contributed by atoms with van der Waals surface area (Å²) in [5.74, 6) is 0. The maximum absolute atomic E-state index is 12.6. The molecule has 3 atom stereocenters. The van der Waals surface area contributed by atoms with Crippen LogP contribution in [-0.4, -0.2) is 51.2 Å². The van der Waals surface area contributed by atoms with Crippen molar-refractivity contribution in [2.24, 2.45) is 0 Å². The van der Waals surface area contributed by atoms with Crippen molar-refractivity contribution in [1.82, 2.24) is 9.62 Å². The van der Waals surface area contributed by atoms with Crippen molar-refractivity contribution >= 4 is 21.6 Å². The molecule has 0 unspecified atom stereocenters. The van der Waals surface area contributed by atoms with Crippen molar-refractivity contribution in [3.8, 4) is 6.07 Å². The Morgan fingerprint density at radius 2 is 2.22 bits per heavy atom. The topological polar surface area (TPSA) is 82.4 Å². The van der Waals surface area contributed by atoms with Crippen molar-refractivity contribution < 1.29 is 13.2 Å². The molecule has 1 aromatic rings. The Bertz CT molecular complexity index is 747. The van der Waals surface area contributed by atoms with E-state index in [2.05, 4.69) is 9.62 Å². The maximum Gasteiger partial charge on any atom is 0.242 e. The number of ether oxygens (including phenoxy) is 1. The Morgan fingerprint density at radius 1 is 1.43 bits per heavy atom. The van der Waals surface area contributed by atoms with Crippen molar-refractivity contribution in [1.29, 1.82) is 5.26 Å². The molecular formula is C15H18ClN3O3S. The van der Waals surface area contributed by atoms with Crippen molar-refractivity contribution in [3.05, 3.63) is 28.8 Å². The van der Waals surface area contributed by atoms with Crippen LogP contribution in [0.2, 0.25) is 5.02 Å². The minimum absolute atomic E-state index is 0.00709. The molecule has 124 valence electrons. The predicted molar refractivity (Wildman–Crippen MR) is 85.7 cm³/mol. The predicted octanol–water partition coefficient (Wildman–Crippen LogP) is 1.35. The van der Waals surface area contributed by atoms with Gasteiger partial charge in [0.05, 0.1) is 29.4 Å². The van der Waals surface area contributed by atoms with Gasteiger partial charge in [-0.15, -0.1) is 0 Å². The average molecular weight is 356 g/mol. The molecule has 6 nitrogen and oxygen atoms in total. The van der Waals surface area contributed by atoms with Crippen LogP contribution in [0, 0.1) is 11.3 Å². The van der Waals surface area contributed by atoms with Gasteiger partial charge in [-0.2, -0.15) is 5.26 Å². The quantitative estimate of drug-likeness (QED) is 0.885. The molecule has 0 saturated carbocycles. The fourth-order valence-corrected chi connectivity index (χ4v) is 4.98. The second-order valence-electron chi connectivity index (χ2n) is 6.06. The number of fused-ring (bicyclic) bond motifs is 1. The third-order valence-corrected chi connectivity index (χ3v) is 6.27. The van der Waals surface area contributed by atoms with E-state index in [1.807, 2.05) is 13.0 Å². The van der Waals surface area contributed by atoms with E-state index in [4.69, 9.17) is 21.6 Å². The first kappa shape index (κ1) is 16.7. The van der Waals surface area contributed by atoms with E-state index in [1.54, 1.807) is 0 Å². The summed E-state index contributed by atoms with van der Waals surface area (Å²) in [5.41, 5.74) is 0.332. The molecule has 2 aliphatic heterocycles. The number of halogens is 1. The molecule has 0 spiro atoms. The number of nitriles is 1. The van der Waals surface area contributed by atoms with Gasteiger partial charge < -0.3 is 4.74 Å².